The summed E-state index contributed by atoms with van der Waals surface area (Å²) in [4.78, 5) is 22.8. The molecule has 21 heavy (non-hydrogen) atoms. The molecule has 1 N–H and O–H groups in total. The van der Waals surface area contributed by atoms with Gasteiger partial charge in [-0.05, 0) is 26.3 Å². The minimum Gasteiger partial charge on any atom is -0.444 e. The maximum atomic E-state index is 11.9. The van der Waals surface area contributed by atoms with Crippen LogP contribution in [0.25, 0.3) is 0 Å². The zero-order valence-corrected chi connectivity index (χ0v) is 12.8. The van der Waals surface area contributed by atoms with Crippen LogP contribution < -0.4 is 5.32 Å². The fraction of sp³-hybridized carbons (Fsp3) is 0.533. The number of carbonyl (C=O) groups is 1. The Labute approximate surface area is 124 Å². The third-order valence-corrected chi connectivity index (χ3v) is 2.90. The molecule has 0 aromatic heterocycles. The van der Waals surface area contributed by atoms with Crippen molar-refractivity contribution in [2.24, 2.45) is 0 Å². The summed E-state index contributed by atoms with van der Waals surface area (Å²) in [6.45, 7) is 6.96. The van der Waals surface area contributed by atoms with E-state index in [0.29, 0.717) is 12.0 Å². The van der Waals surface area contributed by atoms with Gasteiger partial charge in [0.15, 0.2) is 0 Å². The molecule has 2 atom stereocenters. The van der Waals surface area contributed by atoms with Gasteiger partial charge in [0.1, 0.15) is 11.6 Å². The van der Waals surface area contributed by atoms with Crippen LogP contribution in [0.2, 0.25) is 0 Å². The van der Waals surface area contributed by atoms with E-state index in [1.807, 2.05) is 6.07 Å². The van der Waals surface area contributed by atoms with Gasteiger partial charge in [0.25, 0.3) is 0 Å². The number of rotatable bonds is 5. The summed E-state index contributed by atoms with van der Waals surface area (Å²) in [5.74, 6) is 0. The first-order valence-corrected chi connectivity index (χ1v) is 6.92. The average Bonchev–Trinajstić information content (AvgIpc) is 2.37. The topological polar surface area (TPSA) is 81.5 Å². The van der Waals surface area contributed by atoms with Crippen LogP contribution in [0.4, 0.5) is 4.79 Å². The maximum absolute atomic E-state index is 11.9. The number of ether oxygens (including phenoxy) is 1. The van der Waals surface area contributed by atoms with Crippen LogP contribution in [-0.2, 0) is 4.74 Å². The largest absolute Gasteiger partial charge is 0.444 e. The number of nitrogens with zero attached hydrogens (tertiary/aromatic N) is 1. The first-order chi connectivity index (χ1) is 9.74. The molecule has 1 amide bonds. The highest BCUT2D eigenvalue weighted by molar-refractivity contribution is 5.68. The van der Waals surface area contributed by atoms with E-state index in [0.717, 1.165) is 0 Å². The third-order valence-electron chi connectivity index (χ3n) is 2.90. The minimum absolute atomic E-state index is 0.308. The Bertz CT molecular complexity index is 482. The quantitative estimate of drug-likeness (QED) is 0.667. The Kier molecular flexibility index (Phi) is 5.69. The molecule has 0 spiro atoms. The molecule has 0 heterocycles. The van der Waals surface area contributed by atoms with E-state index in [1.165, 1.54) is 0 Å². The van der Waals surface area contributed by atoms with Crippen LogP contribution in [0.3, 0.4) is 0 Å². The Morgan fingerprint density at radius 1 is 1.33 bits per heavy atom. The summed E-state index contributed by atoms with van der Waals surface area (Å²) in [5, 5.41) is 13.8. The predicted octanol–water partition coefficient (Wildman–Crippen LogP) is 3.31. The van der Waals surface area contributed by atoms with Crippen molar-refractivity contribution in [2.45, 2.75) is 51.8 Å². The minimum atomic E-state index is -0.903. The van der Waals surface area contributed by atoms with E-state index in [1.54, 1.807) is 52.0 Å². The maximum Gasteiger partial charge on any atom is 0.408 e. The highest BCUT2D eigenvalue weighted by atomic mass is 16.6. The molecule has 0 saturated heterocycles. The molecule has 0 bridgehead atoms. The molecule has 6 heteroatoms. The Hall–Kier alpha value is -2.11. The monoisotopic (exact) mass is 294 g/mol. The Morgan fingerprint density at radius 3 is 2.33 bits per heavy atom. The van der Waals surface area contributed by atoms with Crippen molar-refractivity contribution in [3.63, 3.8) is 0 Å². The lowest BCUT2D eigenvalue weighted by molar-refractivity contribution is -0.528. The fourth-order valence-corrected chi connectivity index (χ4v) is 2.00. The summed E-state index contributed by atoms with van der Waals surface area (Å²) in [6.07, 6.45) is -0.348. The molecule has 0 aliphatic carbocycles. The average molecular weight is 294 g/mol. The van der Waals surface area contributed by atoms with Gasteiger partial charge >= 0.3 is 6.09 Å². The highest BCUT2D eigenvalue weighted by Gasteiger charge is 2.33. The lowest BCUT2D eigenvalue weighted by Gasteiger charge is -2.25. The number of benzene rings is 1. The van der Waals surface area contributed by atoms with E-state index in [-0.39, 0.29) is 4.92 Å². The Morgan fingerprint density at radius 2 is 1.90 bits per heavy atom. The summed E-state index contributed by atoms with van der Waals surface area (Å²) >= 11 is 0. The van der Waals surface area contributed by atoms with Crippen molar-refractivity contribution in [1.29, 1.82) is 0 Å². The van der Waals surface area contributed by atoms with Gasteiger partial charge in [-0.15, -0.1) is 0 Å². The van der Waals surface area contributed by atoms with Crippen LogP contribution in [0.5, 0.6) is 0 Å². The summed E-state index contributed by atoms with van der Waals surface area (Å²) in [5.41, 5.74) is 0.0358. The number of alkyl carbamates (subject to hydrolysis) is 1. The molecule has 0 fully saturated rings. The normalized spacial score (nSPS) is 14.1. The second kappa shape index (κ2) is 7.06. The van der Waals surface area contributed by atoms with Gasteiger partial charge in [0.2, 0.25) is 6.04 Å². The van der Waals surface area contributed by atoms with Gasteiger partial charge in [-0.25, -0.2) is 4.79 Å². The molecule has 1 rings (SSSR count). The number of nitrogens with one attached hydrogen (secondary N) is 1. The van der Waals surface area contributed by atoms with Crippen molar-refractivity contribution in [3.8, 4) is 0 Å². The number of amides is 1. The van der Waals surface area contributed by atoms with Gasteiger partial charge in [-0.3, -0.25) is 10.1 Å². The van der Waals surface area contributed by atoms with Gasteiger partial charge in [0, 0.05) is 11.3 Å². The Balaban J connectivity index is 2.98. The van der Waals surface area contributed by atoms with Gasteiger partial charge in [0.05, 0.1) is 0 Å². The highest BCUT2D eigenvalue weighted by Crippen LogP contribution is 2.22. The van der Waals surface area contributed by atoms with Crippen LogP contribution in [-0.4, -0.2) is 22.7 Å². The number of hydrogen-bond donors (Lipinski definition) is 1. The lowest BCUT2D eigenvalue weighted by Crippen LogP contribution is -2.42. The van der Waals surface area contributed by atoms with E-state index < -0.39 is 23.8 Å². The van der Waals surface area contributed by atoms with Gasteiger partial charge in [-0.1, -0.05) is 37.3 Å². The lowest BCUT2D eigenvalue weighted by atomic mass is 9.98. The zero-order valence-electron chi connectivity index (χ0n) is 12.8. The summed E-state index contributed by atoms with van der Waals surface area (Å²) in [6, 6.07) is 7.28. The first kappa shape index (κ1) is 16.9. The zero-order chi connectivity index (χ0) is 16.0. The van der Waals surface area contributed by atoms with Crippen LogP contribution in [0, 0.1) is 10.1 Å². The number of carbonyl (C=O) groups excluding carboxylic acids is 1. The van der Waals surface area contributed by atoms with Crippen molar-refractivity contribution >= 4 is 6.09 Å². The summed E-state index contributed by atoms with van der Waals surface area (Å²) in [7, 11) is 0. The smallest absolute Gasteiger partial charge is 0.408 e. The molecule has 0 saturated carbocycles. The van der Waals surface area contributed by atoms with E-state index in [2.05, 4.69) is 5.32 Å². The SMILES string of the molecule is CC[C@H]([C@@H](NC(=O)OC(C)(C)C)c1ccccc1)[N+](=O)[O-]. The third kappa shape index (κ3) is 5.41. The summed E-state index contributed by atoms with van der Waals surface area (Å²) < 4.78 is 5.19. The van der Waals surface area contributed by atoms with Crippen molar-refractivity contribution < 1.29 is 14.5 Å². The molecular weight excluding hydrogens is 272 g/mol. The molecule has 0 aliphatic heterocycles. The van der Waals surface area contributed by atoms with Gasteiger partial charge in [-0.2, -0.15) is 0 Å². The number of hydrogen-bond acceptors (Lipinski definition) is 4. The van der Waals surface area contributed by atoms with Crippen molar-refractivity contribution in [2.75, 3.05) is 0 Å². The van der Waals surface area contributed by atoms with Gasteiger partial charge < -0.3 is 10.1 Å². The standard InChI is InChI=1S/C15H22N2O4/c1-5-12(17(19)20)13(11-9-7-6-8-10-11)16-14(18)21-15(2,3)4/h6-10,12-13H,5H2,1-4H3,(H,16,18)/t12-,13+/m1/s1. The van der Waals surface area contributed by atoms with Crippen LogP contribution >= 0.6 is 0 Å². The molecular formula is C15H22N2O4. The van der Waals surface area contributed by atoms with E-state index in [9.17, 15) is 14.9 Å². The van der Waals surface area contributed by atoms with Crippen LogP contribution in [0.1, 0.15) is 45.7 Å². The first-order valence-electron chi connectivity index (χ1n) is 6.92. The van der Waals surface area contributed by atoms with Crippen LogP contribution in [0.15, 0.2) is 30.3 Å². The second-order valence-corrected chi connectivity index (χ2v) is 5.80. The van der Waals surface area contributed by atoms with E-state index >= 15 is 0 Å². The molecule has 6 nitrogen and oxygen atoms in total. The van der Waals surface area contributed by atoms with Crippen molar-refractivity contribution in [3.05, 3.63) is 46.0 Å². The predicted molar refractivity (Wildman–Crippen MR) is 79.6 cm³/mol. The molecule has 1 aromatic carbocycles. The number of nitro groups is 1. The van der Waals surface area contributed by atoms with Crippen molar-refractivity contribution in [1.82, 2.24) is 5.32 Å². The molecule has 116 valence electrons. The molecule has 0 unspecified atom stereocenters. The fourth-order valence-electron chi connectivity index (χ4n) is 2.00. The van der Waals surface area contributed by atoms with E-state index in [4.69, 9.17) is 4.74 Å². The second-order valence-electron chi connectivity index (χ2n) is 5.80. The molecule has 0 radical (unpaired) electrons. The molecule has 0 aliphatic rings. The molecule has 1 aromatic rings.